The first kappa shape index (κ1) is 19.8. The van der Waals surface area contributed by atoms with Crippen LogP contribution < -0.4 is 10.6 Å². The zero-order valence-corrected chi connectivity index (χ0v) is 15.9. The maximum atomic E-state index is 13.0. The molecule has 9 heteroatoms. The molecule has 1 saturated carbocycles. The van der Waals surface area contributed by atoms with Gasteiger partial charge in [0.25, 0.3) is 5.69 Å². The van der Waals surface area contributed by atoms with Crippen LogP contribution in [-0.4, -0.2) is 31.8 Å². The third-order valence-corrected chi connectivity index (χ3v) is 6.49. The van der Waals surface area contributed by atoms with Gasteiger partial charge in [-0.3, -0.25) is 14.9 Å². The van der Waals surface area contributed by atoms with E-state index in [0.717, 1.165) is 31.7 Å². The highest BCUT2D eigenvalue weighted by Crippen LogP contribution is 2.31. The van der Waals surface area contributed by atoms with Gasteiger partial charge in [-0.05, 0) is 31.0 Å². The van der Waals surface area contributed by atoms with E-state index in [1.54, 1.807) is 18.2 Å². The van der Waals surface area contributed by atoms with Crippen LogP contribution in [0, 0.1) is 10.1 Å². The Morgan fingerprint density at radius 1 is 1.11 bits per heavy atom. The van der Waals surface area contributed by atoms with Crippen molar-refractivity contribution in [2.75, 3.05) is 11.9 Å². The van der Waals surface area contributed by atoms with Gasteiger partial charge in [-0.1, -0.05) is 31.0 Å². The van der Waals surface area contributed by atoms with Crippen LogP contribution in [-0.2, 0) is 14.6 Å². The third kappa shape index (κ3) is 4.48. The number of nitrogens with one attached hydrogen (secondary N) is 2. The highest BCUT2D eigenvalue weighted by atomic mass is 32.2. The van der Waals surface area contributed by atoms with Gasteiger partial charge in [0.15, 0.2) is 0 Å². The summed E-state index contributed by atoms with van der Waals surface area (Å²) in [5.41, 5.74) is -0.188. The van der Waals surface area contributed by atoms with Gasteiger partial charge in [-0.15, -0.1) is 0 Å². The summed E-state index contributed by atoms with van der Waals surface area (Å²) in [5, 5.41) is 16.8. The second kappa shape index (κ2) is 8.39. The topological polar surface area (TPSA) is 118 Å². The standard InChI is InChI=1S/C19H21N3O5S/c23-19(21-14-6-4-5-7-14)13-20-17-11-10-15(22(24)25)12-18(17)28(26,27)16-8-2-1-3-9-16/h1-3,8-12,14,20H,4-7,13H2,(H,21,23). The van der Waals surface area contributed by atoms with Crippen LogP contribution in [0.5, 0.6) is 0 Å². The molecule has 1 aliphatic carbocycles. The number of nitro benzene ring substituents is 1. The lowest BCUT2D eigenvalue weighted by Gasteiger charge is -2.15. The number of nitro groups is 1. The number of sulfone groups is 1. The van der Waals surface area contributed by atoms with Crippen LogP contribution in [0.2, 0.25) is 0 Å². The number of anilines is 1. The molecule has 0 aliphatic heterocycles. The monoisotopic (exact) mass is 403 g/mol. The molecule has 28 heavy (non-hydrogen) atoms. The SMILES string of the molecule is O=C(CNc1ccc([N+](=O)[O-])cc1S(=O)(=O)c1ccccc1)NC1CCCC1. The summed E-state index contributed by atoms with van der Waals surface area (Å²) in [5.74, 6) is -0.242. The lowest BCUT2D eigenvalue weighted by Crippen LogP contribution is -2.36. The molecule has 3 rings (SSSR count). The van der Waals surface area contributed by atoms with Gasteiger partial charge in [0.2, 0.25) is 15.7 Å². The molecular formula is C19H21N3O5S. The van der Waals surface area contributed by atoms with E-state index in [0.29, 0.717) is 0 Å². The number of hydrogen-bond donors (Lipinski definition) is 2. The predicted octanol–water partition coefficient (Wildman–Crippen LogP) is 2.90. The van der Waals surface area contributed by atoms with E-state index in [1.807, 2.05) is 0 Å². The predicted molar refractivity (Wildman–Crippen MR) is 104 cm³/mol. The Hall–Kier alpha value is -2.94. The zero-order chi connectivity index (χ0) is 20.1. The van der Waals surface area contributed by atoms with E-state index in [9.17, 15) is 23.3 Å². The summed E-state index contributed by atoms with van der Waals surface area (Å²) in [6.45, 7) is -0.119. The second-order valence-electron chi connectivity index (χ2n) is 6.66. The lowest BCUT2D eigenvalue weighted by atomic mass is 10.2. The van der Waals surface area contributed by atoms with Crippen molar-refractivity contribution >= 4 is 27.1 Å². The molecule has 0 atom stereocenters. The first-order valence-corrected chi connectivity index (χ1v) is 10.5. The van der Waals surface area contributed by atoms with Gasteiger partial charge in [-0.2, -0.15) is 0 Å². The van der Waals surface area contributed by atoms with E-state index >= 15 is 0 Å². The first-order chi connectivity index (χ1) is 13.4. The van der Waals surface area contributed by atoms with Crippen LogP contribution in [0.1, 0.15) is 25.7 Å². The molecule has 0 spiro atoms. The molecule has 0 bridgehead atoms. The van der Waals surface area contributed by atoms with E-state index in [1.165, 1.54) is 24.3 Å². The van der Waals surface area contributed by atoms with Gasteiger partial charge in [0.05, 0.1) is 22.1 Å². The number of carbonyl (C=O) groups is 1. The number of non-ortho nitro benzene ring substituents is 1. The average molecular weight is 403 g/mol. The van der Waals surface area contributed by atoms with Crippen molar-refractivity contribution in [3.8, 4) is 0 Å². The van der Waals surface area contributed by atoms with Gasteiger partial charge < -0.3 is 10.6 Å². The van der Waals surface area contributed by atoms with Crippen molar-refractivity contribution in [2.24, 2.45) is 0 Å². The molecule has 1 amide bonds. The fraction of sp³-hybridized carbons (Fsp3) is 0.316. The Morgan fingerprint density at radius 3 is 2.43 bits per heavy atom. The first-order valence-electron chi connectivity index (χ1n) is 9.00. The van der Waals surface area contributed by atoms with Gasteiger partial charge >= 0.3 is 0 Å². The molecule has 1 aliphatic rings. The second-order valence-corrected chi connectivity index (χ2v) is 8.57. The highest BCUT2D eigenvalue weighted by molar-refractivity contribution is 7.91. The Bertz CT molecular complexity index is 970. The van der Waals surface area contributed by atoms with Crippen LogP contribution in [0.3, 0.4) is 0 Å². The smallest absolute Gasteiger partial charge is 0.270 e. The quantitative estimate of drug-likeness (QED) is 0.542. The average Bonchev–Trinajstić information content (AvgIpc) is 3.19. The normalized spacial score (nSPS) is 14.6. The Labute approximate surface area is 163 Å². The summed E-state index contributed by atoms with van der Waals surface area (Å²) in [6.07, 6.45) is 4.05. The molecule has 2 aromatic rings. The minimum Gasteiger partial charge on any atom is -0.375 e. The molecular weight excluding hydrogens is 382 g/mol. The number of hydrogen-bond acceptors (Lipinski definition) is 6. The molecule has 1 fully saturated rings. The summed E-state index contributed by atoms with van der Waals surface area (Å²) in [7, 11) is -3.99. The van der Waals surface area contributed by atoms with Crippen molar-refractivity contribution < 1.29 is 18.1 Å². The van der Waals surface area contributed by atoms with Crippen LogP contribution >= 0.6 is 0 Å². The Kier molecular flexibility index (Phi) is 5.93. The summed E-state index contributed by atoms with van der Waals surface area (Å²) in [4.78, 5) is 22.4. The minimum absolute atomic E-state index is 0.0222. The molecule has 0 saturated heterocycles. The maximum absolute atomic E-state index is 13.0. The fourth-order valence-electron chi connectivity index (χ4n) is 3.24. The largest absolute Gasteiger partial charge is 0.375 e. The van der Waals surface area contributed by atoms with Crippen molar-refractivity contribution in [3.05, 3.63) is 58.6 Å². The number of carbonyl (C=O) groups excluding carboxylic acids is 1. The van der Waals surface area contributed by atoms with Crippen molar-refractivity contribution in [3.63, 3.8) is 0 Å². The van der Waals surface area contributed by atoms with Gasteiger partial charge in [0.1, 0.15) is 4.90 Å². The number of rotatable bonds is 7. The van der Waals surface area contributed by atoms with Crippen molar-refractivity contribution in [1.29, 1.82) is 0 Å². The lowest BCUT2D eigenvalue weighted by molar-refractivity contribution is -0.385. The summed E-state index contributed by atoms with van der Waals surface area (Å²) in [6, 6.07) is 11.4. The van der Waals surface area contributed by atoms with Crippen LogP contribution in [0.4, 0.5) is 11.4 Å². The number of amides is 1. The molecule has 0 unspecified atom stereocenters. The molecule has 0 aromatic heterocycles. The Balaban J connectivity index is 1.86. The van der Waals surface area contributed by atoms with E-state index < -0.39 is 14.8 Å². The van der Waals surface area contributed by atoms with E-state index in [2.05, 4.69) is 10.6 Å². The minimum atomic E-state index is -3.99. The maximum Gasteiger partial charge on any atom is 0.270 e. The molecule has 8 nitrogen and oxygen atoms in total. The highest BCUT2D eigenvalue weighted by Gasteiger charge is 2.25. The molecule has 2 aromatic carbocycles. The fourth-order valence-corrected chi connectivity index (χ4v) is 4.72. The summed E-state index contributed by atoms with van der Waals surface area (Å²) < 4.78 is 26.0. The molecule has 2 N–H and O–H groups in total. The van der Waals surface area contributed by atoms with Crippen molar-refractivity contribution in [1.82, 2.24) is 5.32 Å². The van der Waals surface area contributed by atoms with Crippen LogP contribution in [0.25, 0.3) is 0 Å². The van der Waals surface area contributed by atoms with Crippen LogP contribution in [0.15, 0.2) is 58.3 Å². The van der Waals surface area contributed by atoms with Crippen molar-refractivity contribution in [2.45, 2.75) is 41.5 Å². The summed E-state index contributed by atoms with van der Waals surface area (Å²) >= 11 is 0. The molecule has 0 radical (unpaired) electrons. The van der Waals surface area contributed by atoms with E-state index in [-0.39, 0.29) is 39.7 Å². The van der Waals surface area contributed by atoms with Gasteiger partial charge in [0, 0.05) is 18.2 Å². The van der Waals surface area contributed by atoms with E-state index in [4.69, 9.17) is 0 Å². The number of benzene rings is 2. The van der Waals surface area contributed by atoms with Gasteiger partial charge in [-0.25, -0.2) is 8.42 Å². The molecule has 0 heterocycles. The number of nitrogens with zero attached hydrogens (tertiary/aromatic N) is 1. The zero-order valence-electron chi connectivity index (χ0n) is 15.1. The third-order valence-electron chi connectivity index (χ3n) is 4.68. The Morgan fingerprint density at radius 2 is 1.79 bits per heavy atom. The molecule has 148 valence electrons.